The summed E-state index contributed by atoms with van der Waals surface area (Å²) in [4.78, 5) is 4.83. The summed E-state index contributed by atoms with van der Waals surface area (Å²) in [5, 5.41) is 41.9. The number of nitrogens with two attached hydrogens (primary N) is 1. The minimum Gasteiger partial charge on any atom is -0.505 e. The van der Waals surface area contributed by atoms with Crippen molar-refractivity contribution < 1.29 is 54.5 Å². The van der Waals surface area contributed by atoms with Crippen molar-refractivity contribution in [3.05, 3.63) is 78.8 Å². The molecule has 18 nitrogen and oxygen atoms in total. The number of phenolic OH excluding ortho intramolecular Hbond substituents is 1. The van der Waals surface area contributed by atoms with Gasteiger partial charge in [-0.2, -0.15) is 35.6 Å². The molecule has 4 aromatic carbocycles. The number of phenols is 1. The molecule has 0 aliphatic rings. The van der Waals surface area contributed by atoms with Gasteiger partial charge < -0.3 is 16.2 Å². The van der Waals surface area contributed by atoms with Crippen LogP contribution in [0.25, 0.3) is 10.8 Å². The molecule has 5 rings (SSSR count). The molecule has 0 saturated heterocycles. The SMILES string of the molecule is Nc1ccc2c(O)c(N=Nc3ccccc3S(=O)(=O)O)c(SOOO)cc2c1N=Nc1cc(Nc2cc(F)nc(F)n2)ccc1S(=O)(=O)O. The van der Waals surface area contributed by atoms with Gasteiger partial charge in [0.1, 0.15) is 38.4 Å². The number of halogens is 2. The van der Waals surface area contributed by atoms with Crippen molar-refractivity contribution in [2.24, 2.45) is 20.5 Å². The predicted octanol–water partition coefficient (Wildman–Crippen LogP) is 6.69. The number of anilines is 3. The molecule has 7 N–H and O–H groups in total. The minimum atomic E-state index is -4.90. The van der Waals surface area contributed by atoms with Crippen LogP contribution in [0.2, 0.25) is 0 Å². The molecule has 0 fully saturated rings. The maximum atomic E-state index is 13.6. The number of fused-ring (bicyclic) bond motifs is 1. The lowest BCUT2D eigenvalue weighted by Gasteiger charge is -2.12. The second kappa shape index (κ2) is 14.1. The molecule has 0 unspecified atom stereocenters. The fourth-order valence-electron chi connectivity index (χ4n) is 4.20. The second-order valence-electron chi connectivity index (χ2n) is 9.37. The molecule has 0 amide bonds. The highest BCUT2D eigenvalue weighted by Crippen LogP contribution is 2.48. The molecular formula is C26H18F2N8O10S3. The molecule has 0 aliphatic carbocycles. The highest BCUT2D eigenvalue weighted by molar-refractivity contribution is 7.94. The molecule has 0 bridgehead atoms. The van der Waals surface area contributed by atoms with Crippen molar-refractivity contribution in [2.75, 3.05) is 11.1 Å². The zero-order valence-electron chi connectivity index (χ0n) is 23.8. The molecule has 49 heavy (non-hydrogen) atoms. The van der Waals surface area contributed by atoms with Crippen molar-refractivity contribution in [1.29, 1.82) is 0 Å². The Labute approximate surface area is 277 Å². The van der Waals surface area contributed by atoms with E-state index in [-0.39, 0.29) is 49.9 Å². The Morgan fingerprint density at radius 2 is 1.47 bits per heavy atom. The first kappa shape index (κ1) is 35.0. The van der Waals surface area contributed by atoms with E-state index in [9.17, 15) is 39.8 Å². The van der Waals surface area contributed by atoms with Gasteiger partial charge >= 0.3 is 6.08 Å². The minimum absolute atomic E-state index is 0.00710. The number of aromatic nitrogens is 2. The van der Waals surface area contributed by atoms with Crippen molar-refractivity contribution in [2.45, 2.75) is 14.7 Å². The van der Waals surface area contributed by atoms with Gasteiger partial charge in [-0.3, -0.25) is 9.11 Å². The van der Waals surface area contributed by atoms with Crippen LogP contribution in [-0.4, -0.2) is 46.3 Å². The van der Waals surface area contributed by atoms with Crippen LogP contribution in [0.5, 0.6) is 5.75 Å². The number of nitrogen functional groups attached to an aromatic ring is 1. The fraction of sp³-hybridized carbons (Fsp3) is 0. The number of aromatic hydroxyl groups is 1. The van der Waals surface area contributed by atoms with Gasteiger partial charge in [0.25, 0.3) is 20.2 Å². The van der Waals surface area contributed by atoms with Gasteiger partial charge in [-0.05, 0) is 48.5 Å². The molecule has 5 aromatic rings. The lowest BCUT2D eigenvalue weighted by atomic mass is 10.1. The first-order valence-corrected chi connectivity index (χ1v) is 16.5. The van der Waals surface area contributed by atoms with E-state index in [2.05, 4.69) is 45.1 Å². The summed E-state index contributed by atoms with van der Waals surface area (Å²) in [6, 6.07) is 12.8. The Morgan fingerprint density at radius 1 is 0.796 bits per heavy atom. The molecule has 1 aromatic heterocycles. The van der Waals surface area contributed by atoms with Crippen LogP contribution in [0, 0.1) is 12.0 Å². The molecule has 1 heterocycles. The number of rotatable bonds is 11. The second-order valence-corrected chi connectivity index (χ2v) is 12.9. The number of nitrogens with zero attached hydrogens (tertiary/aromatic N) is 6. The number of hydrogen-bond donors (Lipinski definition) is 6. The highest BCUT2D eigenvalue weighted by atomic mass is 32.2. The monoisotopic (exact) mass is 736 g/mol. The van der Waals surface area contributed by atoms with Crippen LogP contribution in [0.1, 0.15) is 0 Å². The molecule has 0 atom stereocenters. The smallest absolute Gasteiger partial charge is 0.313 e. The van der Waals surface area contributed by atoms with E-state index in [1.807, 2.05) is 0 Å². The fourth-order valence-corrected chi connectivity index (χ4v) is 5.92. The summed E-state index contributed by atoms with van der Waals surface area (Å²) in [5.41, 5.74) is 4.81. The van der Waals surface area contributed by atoms with Crippen LogP contribution < -0.4 is 11.1 Å². The van der Waals surface area contributed by atoms with Crippen molar-refractivity contribution >= 4 is 83.0 Å². The van der Waals surface area contributed by atoms with Gasteiger partial charge in [0.05, 0.1) is 22.6 Å². The molecule has 0 saturated carbocycles. The van der Waals surface area contributed by atoms with Crippen molar-refractivity contribution in [3.8, 4) is 5.75 Å². The molecule has 23 heteroatoms. The van der Waals surface area contributed by atoms with Crippen molar-refractivity contribution in [1.82, 2.24) is 9.97 Å². The molecular weight excluding hydrogens is 719 g/mol. The zero-order chi connectivity index (χ0) is 35.5. The third-order valence-electron chi connectivity index (χ3n) is 6.23. The molecule has 254 valence electrons. The Bertz CT molecular complexity index is 2360. The Morgan fingerprint density at radius 3 is 2.16 bits per heavy atom. The summed E-state index contributed by atoms with van der Waals surface area (Å²) in [7, 11) is -9.61. The van der Waals surface area contributed by atoms with Gasteiger partial charge in [0.2, 0.25) is 5.95 Å². The number of nitrogens with one attached hydrogen (secondary N) is 1. The maximum absolute atomic E-state index is 13.6. The quantitative estimate of drug-likeness (QED) is 0.0120. The topological polar surface area (TPSA) is 281 Å². The summed E-state index contributed by atoms with van der Waals surface area (Å²) < 4.78 is 98.6. The van der Waals surface area contributed by atoms with Crippen LogP contribution in [0.3, 0.4) is 0 Å². The largest absolute Gasteiger partial charge is 0.505 e. The summed E-state index contributed by atoms with van der Waals surface area (Å²) >= 11 is 0.310. The average molecular weight is 737 g/mol. The average Bonchev–Trinajstić information content (AvgIpc) is 3.01. The zero-order valence-corrected chi connectivity index (χ0v) is 26.3. The van der Waals surface area contributed by atoms with E-state index >= 15 is 0 Å². The van der Waals surface area contributed by atoms with Gasteiger partial charge in [-0.1, -0.05) is 17.2 Å². The number of hydrogen-bond acceptors (Lipinski definition) is 17. The van der Waals surface area contributed by atoms with Gasteiger partial charge in [0, 0.05) is 22.5 Å². The van der Waals surface area contributed by atoms with E-state index in [1.54, 1.807) is 0 Å². The van der Waals surface area contributed by atoms with Crippen molar-refractivity contribution in [3.63, 3.8) is 0 Å². The lowest BCUT2D eigenvalue weighted by molar-refractivity contribution is -0.432. The summed E-state index contributed by atoms with van der Waals surface area (Å²) in [6.45, 7) is 0. The first-order valence-electron chi connectivity index (χ1n) is 12.9. The third kappa shape index (κ3) is 8.07. The number of azo groups is 2. The van der Waals surface area contributed by atoms with E-state index in [4.69, 9.17) is 11.0 Å². The Kier molecular flexibility index (Phi) is 10.1. The number of benzene rings is 4. The van der Waals surface area contributed by atoms with E-state index in [0.717, 1.165) is 30.3 Å². The molecule has 0 spiro atoms. The standard InChI is InChI=1S/C26H18F2N8O10S3/c27-21-11-22(32-26(28)31-21)30-12-5-8-20(49(42,43)44)17(9-12)34-35-23-14-10-18(47-46-45-38)24(25(37)13(14)6-7-15(23)29)36-33-16-3-1-2-4-19(16)48(39,40)41/h1-11,37-38H,29H2,(H,30,31,32)(H,39,40,41)(H,42,43,44). The third-order valence-corrected chi connectivity index (χ3v) is 8.65. The molecule has 0 aliphatic heterocycles. The van der Waals surface area contributed by atoms with Gasteiger partial charge in [0.15, 0.2) is 5.75 Å². The predicted molar refractivity (Wildman–Crippen MR) is 167 cm³/mol. The maximum Gasteiger partial charge on any atom is 0.313 e. The van der Waals surface area contributed by atoms with E-state index in [0.29, 0.717) is 12.0 Å². The first-order chi connectivity index (χ1) is 23.2. The normalized spacial score (nSPS) is 12.3. The Hall–Kier alpha value is -5.27. The highest BCUT2D eigenvalue weighted by Gasteiger charge is 2.21. The van der Waals surface area contributed by atoms with Gasteiger partial charge in [-0.15, -0.1) is 24.8 Å². The van der Waals surface area contributed by atoms with Crippen LogP contribution in [0.4, 0.5) is 48.7 Å². The van der Waals surface area contributed by atoms with Crippen LogP contribution >= 0.6 is 12.0 Å². The van der Waals surface area contributed by atoms with E-state index < -0.39 is 53.5 Å². The van der Waals surface area contributed by atoms with Crippen LogP contribution in [0.15, 0.2) is 102 Å². The van der Waals surface area contributed by atoms with Gasteiger partial charge in [-0.25, -0.2) is 5.26 Å². The summed E-state index contributed by atoms with van der Waals surface area (Å²) in [5.74, 6) is -2.13. The lowest BCUT2D eigenvalue weighted by Crippen LogP contribution is -2.02. The van der Waals surface area contributed by atoms with Crippen LogP contribution in [-0.2, 0) is 29.6 Å². The molecule has 0 radical (unpaired) electrons. The van der Waals surface area contributed by atoms with E-state index in [1.165, 1.54) is 36.4 Å². The Balaban J connectivity index is 1.63. The summed E-state index contributed by atoms with van der Waals surface area (Å²) in [6.07, 6.45) is -1.38.